The minimum atomic E-state index is -0.963. The molecule has 2 saturated carbocycles. The number of imidazole rings is 1. The summed E-state index contributed by atoms with van der Waals surface area (Å²) < 4.78 is 1.80. The van der Waals surface area contributed by atoms with Gasteiger partial charge in [-0.2, -0.15) is 0 Å². The maximum atomic E-state index is 10.6. The van der Waals surface area contributed by atoms with Crippen LogP contribution in [0.1, 0.15) is 45.1 Å². The number of nitrogens with two attached hydrogens (primary N) is 1. The molecule has 5 N–H and O–H groups in total. The van der Waals surface area contributed by atoms with Gasteiger partial charge in [-0.25, -0.2) is 15.0 Å². The number of aromatic nitrogens is 4. The minimum absolute atomic E-state index is 0.00577. The molecule has 0 radical (unpaired) electrons. The molecule has 2 aromatic rings. The molecule has 8 nitrogen and oxygen atoms in total. The number of nitrogens with zero attached hydrogens (tertiary/aromatic N) is 4. The summed E-state index contributed by atoms with van der Waals surface area (Å²) in [7, 11) is 0. The van der Waals surface area contributed by atoms with Gasteiger partial charge in [-0.15, -0.1) is 0 Å². The van der Waals surface area contributed by atoms with Crippen LogP contribution in [-0.2, 0) is 0 Å². The average Bonchev–Trinajstić information content (AvgIpc) is 3.17. The number of anilines is 1. The second-order valence-electron chi connectivity index (χ2n) is 7.75. The summed E-state index contributed by atoms with van der Waals surface area (Å²) in [5.41, 5.74) is 6.57. The summed E-state index contributed by atoms with van der Waals surface area (Å²) in [6.45, 7) is 2.06. The van der Waals surface area contributed by atoms with Crippen LogP contribution in [0, 0.1) is 11.3 Å². The highest BCUT2D eigenvalue weighted by atomic mass is 32.2. The van der Waals surface area contributed by atoms with Gasteiger partial charge in [-0.1, -0.05) is 37.9 Å². The van der Waals surface area contributed by atoms with Crippen molar-refractivity contribution in [1.29, 1.82) is 0 Å². The van der Waals surface area contributed by atoms with E-state index in [1.54, 1.807) is 22.7 Å². The molecule has 4 rings (SSSR count). The van der Waals surface area contributed by atoms with E-state index in [2.05, 4.69) is 21.9 Å². The number of aliphatic hydroxyl groups is 3. The molecular weight excluding hydrogens is 366 g/mol. The Morgan fingerprint density at radius 3 is 2.81 bits per heavy atom. The van der Waals surface area contributed by atoms with E-state index >= 15 is 0 Å². The SMILES string of the molecule is CCCCCCSc1nc(N)c2ncn([C@H]3[C@H](O)[C@H](O)[C@]4(CO)C[C@H]34)c2n1. The van der Waals surface area contributed by atoms with E-state index in [0.29, 0.717) is 28.6 Å². The van der Waals surface area contributed by atoms with Crippen molar-refractivity contribution in [2.75, 3.05) is 18.1 Å². The third-order valence-corrected chi connectivity index (χ3v) is 7.06. The standard InChI is InChI=1S/C18H27N5O3S/c1-2-3-4-5-6-27-17-21-15(19)11-16(22-17)23(9-20-11)12-10-7-18(10,8-24)14(26)13(12)25/h9-10,12-14,24-26H,2-8H2,1H3,(H2,19,21,22)/t10-,12-,13+,14+,18+/m1/s1. The van der Waals surface area contributed by atoms with Crippen molar-refractivity contribution < 1.29 is 15.3 Å². The van der Waals surface area contributed by atoms with Gasteiger partial charge in [0.2, 0.25) is 0 Å². The quantitative estimate of drug-likeness (QED) is 0.300. The average molecular weight is 394 g/mol. The zero-order valence-corrected chi connectivity index (χ0v) is 16.3. The third kappa shape index (κ3) is 3.00. The van der Waals surface area contributed by atoms with Crippen molar-refractivity contribution in [2.24, 2.45) is 11.3 Å². The summed E-state index contributed by atoms with van der Waals surface area (Å²) in [5.74, 6) is 1.26. The van der Waals surface area contributed by atoms with Gasteiger partial charge in [0, 0.05) is 11.2 Å². The summed E-state index contributed by atoms with van der Waals surface area (Å²) in [6, 6.07) is -0.367. The molecule has 0 saturated heterocycles. The lowest BCUT2D eigenvalue weighted by Gasteiger charge is -2.23. The van der Waals surface area contributed by atoms with Gasteiger partial charge in [-0.05, 0) is 18.8 Å². The van der Waals surface area contributed by atoms with E-state index in [9.17, 15) is 15.3 Å². The van der Waals surface area contributed by atoms with Crippen molar-refractivity contribution in [3.63, 3.8) is 0 Å². The Hall–Kier alpha value is -1.42. The van der Waals surface area contributed by atoms with Crippen molar-refractivity contribution in [2.45, 2.75) is 62.4 Å². The van der Waals surface area contributed by atoms with Crippen molar-refractivity contribution >= 4 is 28.7 Å². The van der Waals surface area contributed by atoms with Gasteiger partial charge < -0.3 is 25.6 Å². The highest BCUT2D eigenvalue weighted by Crippen LogP contribution is 2.67. The zero-order chi connectivity index (χ0) is 19.2. The highest BCUT2D eigenvalue weighted by molar-refractivity contribution is 7.99. The first-order valence-electron chi connectivity index (χ1n) is 9.63. The fourth-order valence-electron chi connectivity index (χ4n) is 4.44. The highest BCUT2D eigenvalue weighted by Gasteiger charge is 2.71. The molecule has 2 fully saturated rings. The van der Waals surface area contributed by atoms with Crippen LogP contribution >= 0.6 is 11.8 Å². The van der Waals surface area contributed by atoms with Crippen molar-refractivity contribution in [3.8, 4) is 0 Å². The van der Waals surface area contributed by atoms with Crippen LogP contribution in [0.5, 0.6) is 0 Å². The molecule has 27 heavy (non-hydrogen) atoms. The Balaban J connectivity index is 1.59. The number of hydrogen-bond acceptors (Lipinski definition) is 8. The molecule has 2 heterocycles. The molecule has 0 aromatic carbocycles. The van der Waals surface area contributed by atoms with Crippen LogP contribution in [0.15, 0.2) is 11.5 Å². The van der Waals surface area contributed by atoms with Crippen LogP contribution < -0.4 is 5.73 Å². The van der Waals surface area contributed by atoms with Crippen LogP contribution in [0.2, 0.25) is 0 Å². The molecule has 0 spiro atoms. The van der Waals surface area contributed by atoms with Crippen LogP contribution in [0.4, 0.5) is 5.82 Å². The largest absolute Gasteiger partial charge is 0.396 e. The number of nitrogen functional groups attached to an aromatic ring is 1. The molecule has 148 valence electrons. The summed E-state index contributed by atoms with van der Waals surface area (Å²) in [5, 5.41) is 31.2. The van der Waals surface area contributed by atoms with Crippen molar-refractivity contribution in [1.82, 2.24) is 19.5 Å². The minimum Gasteiger partial charge on any atom is -0.396 e. The second kappa shape index (κ2) is 7.20. The number of thioether (sulfide) groups is 1. The lowest BCUT2D eigenvalue weighted by Crippen LogP contribution is -2.35. The second-order valence-corrected chi connectivity index (χ2v) is 8.81. The summed E-state index contributed by atoms with van der Waals surface area (Å²) in [6.07, 6.45) is 5.11. The third-order valence-electron chi connectivity index (χ3n) is 6.13. The predicted octanol–water partition coefficient (Wildman–Crippen LogP) is 1.36. The van der Waals surface area contributed by atoms with Gasteiger partial charge in [0.05, 0.1) is 25.1 Å². The van der Waals surface area contributed by atoms with Gasteiger partial charge in [0.15, 0.2) is 16.6 Å². The lowest BCUT2D eigenvalue weighted by atomic mass is 10.0. The smallest absolute Gasteiger partial charge is 0.191 e. The van der Waals surface area contributed by atoms with Gasteiger partial charge in [0.25, 0.3) is 0 Å². The van der Waals surface area contributed by atoms with E-state index < -0.39 is 17.6 Å². The lowest BCUT2D eigenvalue weighted by molar-refractivity contribution is -0.0300. The number of unbranched alkanes of at least 4 members (excludes halogenated alkanes) is 3. The molecular formula is C18H27N5O3S. The molecule has 0 aliphatic heterocycles. The molecule has 0 bridgehead atoms. The Labute approximate surface area is 162 Å². The Morgan fingerprint density at radius 1 is 1.30 bits per heavy atom. The summed E-state index contributed by atoms with van der Waals surface area (Å²) >= 11 is 1.58. The molecule has 2 aliphatic rings. The number of hydrogen-bond donors (Lipinski definition) is 4. The van der Waals surface area contributed by atoms with E-state index in [4.69, 9.17) is 5.73 Å². The maximum absolute atomic E-state index is 10.6. The normalized spacial score (nSPS) is 32.1. The van der Waals surface area contributed by atoms with E-state index in [0.717, 1.165) is 12.2 Å². The van der Waals surface area contributed by atoms with Crippen LogP contribution in [0.3, 0.4) is 0 Å². The monoisotopic (exact) mass is 393 g/mol. The molecule has 2 aromatic heterocycles. The van der Waals surface area contributed by atoms with Gasteiger partial charge >= 0.3 is 0 Å². The first-order valence-corrected chi connectivity index (χ1v) is 10.6. The van der Waals surface area contributed by atoms with E-state index in [1.165, 1.54) is 19.3 Å². The van der Waals surface area contributed by atoms with E-state index in [1.807, 2.05) is 0 Å². The molecule has 0 amide bonds. The molecule has 5 atom stereocenters. The number of fused-ring (bicyclic) bond motifs is 2. The first kappa shape index (κ1) is 18.9. The fraction of sp³-hybridized carbons (Fsp3) is 0.722. The van der Waals surface area contributed by atoms with E-state index in [-0.39, 0.29) is 18.6 Å². The Morgan fingerprint density at radius 2 is 2.11 bits per heavy atom. The maximum Gasteiger partial charge on any atom is 0.191 e. The summed E-state index contributed by atoms with van der Waals surface area (Å²) in [4.78, 5) is 13.3. The van der Waals surface area contributed by atoms with Gasteiger partial charge in [-0.3, -0.25) is 0 Å². The van der Waals surface area contributed by atoms with Crippen LogP contribution in [-0.4, -0.2) is 59.4 Å². The predicted molar refractivity (Wildman–Crippen MR) is 103 cm³/mol. The van der Waals surface area contributed by atoms with Crippen molar-refractivity contribution in [3.05, 3.63) is 6.33 Å². The molecule has 9 heteroatoms. The molecule has 0 unspecified atom stereocenters. The zero-order valence-electron chi connectivity index (χ0n) is 15.5. The fourth-order valence-corrected chi connectivity index (χ4v) is 5.29. The first-order chi connectivity index (χ1) is 13.0. The van der Waals surface area contributed by atoms with Gasteiger partial charge in [0.1, 0.15) is 11.6 Å². The Bertz CT molecular complexity index is 831. The molecule has 2 aliphatic carbocycles. The number of aliphatic hydroxyl groups excluding tert-OH is 3. The number of rotatable bonds is 8. The van der Waals surface area contributed by atoms with Crippen LogP contribution in [0.25, 0.3) is 11.2 Å². The topological polar surface area (TPSA) is 130 Å². The Kier molecular flexibility index (Phi) is 5.04.